The fourth-order valence-corrected chi connectivity index (χ4v) is 5.22. The lowest BCUT2D eigenvalue weighted by Crippen LogP contribution is -2.49. The zero-order chi connectivity index (χ0) is 18.5. The van der Waals surface area contributed by atoms with E-state index in [1.165, 1.54) is 5.56 Å². The van der Waals surface area contributed by atoms with Crippen molar-refractivity contribution >= 4 is 5.78 Å². The third-order valence-electron chi connectivity index (χ3n) is 7.03. The van der Waals surface area contributed by atoms with E-state index in [2.05, 4.69) is 31.8 Å². The number of aryl methyl sites for hydroxylation is 1. The minimum atomic E-state index is -0.507. The highest BCUT2D eigenvalue weighted by Crippen LogP contribution is 2.62. The molecule has 4 nitrogen and oxygen atoms in total. The number of ether oxygens (including phenoxy) is 1. The van der Waals surface area contributed by atoms with E-state index in [0.29, 0.717) is 42.5 Å². The first-order chi connectivity index (χ1) is 12.4. The quantitative estimate of drug-likeness (QED) is 0.875. The summed E-state index contributed by atoms with van der Waals surface area (Å²) < 4.78 is 5.71. The molecule has 0 radical (unpaired) electrons. The summed E-state index contributed by atoms with van der Waals surface area (Å²) in [6.45, 7) is 6.98. The van der Waals surface area contributed by atoms with Gasteiger partial charge in [0.1, 0.15) is 11.5 Å². The highest BCUT2D eigenvalue weighted by molar-refractivity contribution is 5.85. The van der Waals surface area contributed by atoms with Crippen molar-refractivity contribution in [3.63, 3.8) is 0 Å². The maximum absolute atomic E-state index is 12.7. The molecule has 0 spiro atoms. The molecule has 26 heavy (non-hydrogen) atoms. The molecule has 3 atom stereocenters. The van der Waals surface area contributed by atoms with E-state index in [1.54, 1.807) is 0 Å². The summed E-state index contributed by atoms with van der Waals surface area (Å²) in [4.78, 5) is 17.4. The minimum absolute atomic E-state index is 0.211. The van der Waals surface area contributed by atoms with Crippen molar-refractivity contribution in [3.8, 4) is 5.75 Å². The van der Waals surface area contributed by atoms with Crippen LogP contribution >= 0.6 is 0 Å². The number of hydrogen-bond acceptors (Lipinski definition) is 4. The Morgan fingerprint density at radius 3 is 2.81 bits per heavy atom. The van der Waals surface area contributed by atoms with Crippen molar-refractivity contribution in [2.45, 2.75) is 64.9 Å². The van der Waals surface area contributed by atoms with Crippen molar-refractivity contribution in [2.75, 3.05) is 6.61 Å². The molecule has 1 N–H and O–H groups in total. The average molecular weight is 357 g/mol. The number of Topliss-reactive ketones (excluding diaryl/α,β-unsaturated/α-hetero) is 1. The number of ketones is 1. The van der Waals surface area contributed by atoms with E-state index in [9.17, 15) is 9.90 Å². The third kappa shape index (κ3) is 3.06. The first kappa shape index (κ1) is 18.0. The smallest absolute Gasteiger partial charge is 0.137 e. The molecule has 0 aromatic carbocycles. The van der Waals surface area contributed by atoms with Crippen LogP contribution in [0.2, 0.25) is 0 Å². The Kier molecular flexibility index (Phi) is 4.58. The normalized spacial score (nSPS) is 35.8. The lowest BCUT2D eigenvalue weighted by molar-refractivity contribution is -0.125. The van der Waals surface area contributed by atoms with Gasteiger partial charge < -0.3 is 9.84 Å². The number of fused-ring (bicyclic) bond motifs is 2. The predicted octanol–water partition coefficient (Wildman–Crippen LogP) is 3.59. The first-order valence-electron chi connectivity index (χ1n) is 10.3. The lowest BCUT2D eigenvalue weighted by atomic mass is 9.63. The molecule has 0 saturated heterocycles. The van der Waals surface area contributed by atoms with Gasteiger partial charge in [-0.1, -0.05) is 20.8 Å². The highest BCUT2D eigenvalue weighted by Gasteiger charge is 2.62. The lowest BCUT2D eigenvalue weighted by Gasteiger charge is -2.47. The predicted molar refractivity (Wildman–Crippen MR) is 100 cm³/mol. The van der Waals surface area contributed by atoms with Gasteiger partial charge in [0.05, 0.1) is 18.4 Å². The molecule has 0 bridgehead atoms. The molecule has 4 heteroatoms. The number of aromatic nitrogens is 1. The van der Waals surface area contributed by atoms with Gasteiger partial charge in [-0.05, 0) is 67.4 Å². The second kappa shape index (κ2) is 6.63. The average Bonchev–Trinajstić information content (AvgIpc) is 3.27. The van der Waals surface area contributed by atoms with Gasteiger partial charge in [-0.15, -0.1) is 0 Å². The number of carbonyl (C=O) groups is 1. The molecule has 1 aromatic rings. The molecule has 142 valence electrons. The zero-order valence-electron chi connectivity index (χ0n) is 16.2. The molecule has 2 fully saturated rings. The number of aliphatic hydroxyl groups is 1. The van der Waals surface area contributed by atoms with Gasteiger partial charge in [0.15, 0.2) is 0 Å². The van der Waals surface area contributed by atoms with E-state index in [4.69, 9.17) is 4.74 Å². The van der Waals surface area contributed by atoms with Crippen LogP contribution in [0, 0.1) is 29.6 Å². The molecule has 3 aliphatic rings. The van der Waals surface area contributed by atoms with Crippen LogP contribution in [0.15, 0.2) is 12.3 Å². The summed E-state index contributed by atoms with van der Waals surface area (Å²) in [7, 11) is 0. The molecular weight excluding hydrogens is 326 g/mol. The second-order valence-electron chi connectivity index (χ2n) is 8.99. The van der Waals surface area contributed by atoms with Crippen LogP contribution in [-0.2, 0) is 17.6 Å². The largest absolute Gasteiger partial charge is 0.492 e. The number of pyridine rings is 1. The summed E-state index contributed by atoms with van der Waals surface area (Å²) in [6, 6.07) is 2.09. The number of hydrogen-bond donors (Lipinski definition) is 1. The van der Waals surface area contributed by atoms with Crippen LogP contribution in [0.5, 0.6) is 5.75 Å². The van der Waals surface area contributed by atoms with Crippen molar-refractivity contribution < 1.29 is 14.6 Å². The van der Waals surface area contributed by atoms with Crippen LogP contribution in [0.4, 0.5) is 0 Å². The Balaban J connectivity index is 1.47. The molecule has 2 saturated carbocycles. The van der Waals surface area contributed by atoms with Crippen molar-refractivity contribution in [1.82, 2.24) is 4.98 Å². The van der Waals surface area contributed by atoms with Crippen LogP contribution in [0.3, 0.4) is 0 Å². The van der Waals surface area contributed by atoms with E-state index >= 15 is 0 Å². The molecule has 0 aliphatic heterocycles. The van der Waals surface area contributed by atoms with Crippen LogP contribution in [-0.4, -0.2) is 28.1 Å². The minimum Gasteiger partial charge on any atom is -0.492 e. The van der Waals surface area contributed by atoms with E-state index < -0.39 is 5.60 Å². The summed E-state index contributed by atoms with van der Waals surface area (Å²) in [6.07, 6.45) is 6.84. The van der Waals surface area contributed by atoms with Gasteiger partial charge in [0, 0.05) is 18.0 Å². The Hall–Kier alpha value is -1.42. The van der Waals surface area contributed by atoms with E-state index in [-0.39, 0.29) is 5.92 Å². The Morgan fingerprint density at radius 2 is 2.12 bits per heavy atom. The molecular formula is C22H31NO3. The molecule has 3 unspecified atom stereocenters. The maximum Gasteiger partial charge on any atom is 0.137 e. The van der Waals surface area contributed by atoms with Gasteiger partial charge in [0.2, 0.25) is 0 Å². The summed E-state index contributed by atoms with van der Waals surface area (Å²) in [5.74, 6) is 3.15. The number of nitrogens with zero attached hydrogens (tertiary/aromatic N) is 1. The number of carbonyl (C=O) groups excluding carboxylic acids is 1. The fourth-order valence-electron chi connectivity index (χ4n) is 5.22. The second-order valence-corrected chi connectivity index (χ2v) is 8.99. The topological polar surface area (TPSA) is 59.4 Å². The molecule has 3 aliphatic carbocycles. The molecule has 1 heterocycles. The molecule has 4 rings (SSSR count). The van der Waals surface area contributed by atoms with Crippen molar-refractivity contribution in [1.29, 1.82) is 0 Å². The van der Waals surface area contributed by atoms with Crippen molar-refractivity contribution in [2.24, 2.45) is 29.6 Å². The Bertz CT molecular complexity index is 693. The standard InChI is InChI=1S/C22H31NO3/c1-4-7-26-16-8-14-5-6-19(24)21-17(9-18(14)23-12-16)20(21)15-10-22(25,11-15)13(2)3/h8,12-13,15,17,20-21,25H,4-7,9-11H2,1-3H3/t15-,17?,20?,21?,22+. The fraction of sp³-hybridized carbons (Fsp3) is 0.727. The Labute approximate surface area is 156 Å². The van der Waals surface area contributed by atoms with Crippen LogP contribution in [0.25, 0.3) is 0 Å². The van der Waals surface area contributed by atoms with Crippen LogP contribution < -0.4 is 4.74 Å². The van der Waals surface area contributed by atoms with Gasteiger partial charge in [0.25, 0.3) is 0 Å². The highest BCUT2D eigenvalue weighted by atomic mass is 16.5. The summed E-state index contributed by atoms with van der Waals surface area (Å²) in [5, 5.41) is 10.6. The zero-order valence-corrected chi connectivity index (χ0v) is 16.2. The SMILES string of the molecule is CCCOc1cnc2c(c1)CCC(=O)C1C(C2)C1[C@H]1C[C@](O)(C(C)C)C1. The monoisotopic (exact) mass is 357 g/mol. The van der Waals surface area contributed by atoms with Crippen LogP contribution in [0.1, 0.15) is 57.7 Å². The molecule has 0 amide bonds. The number of rotatable bonds is 5. The van der Waals surface area contributed by atoms with Gasteiger partial charge in [-0.3, -0.25) is 9.78 Å². The first-order valence-corrected chi connectivity index (χ1v) is 10.3. The van der Waals surface area contributed by atoms with E-state index in [1.807, 2.05) is 6.20 Å². The van der Waals surface area contributed by atoms with Gasteiger partial charge in [-0.2, -0.15) is 0 Å². The summed E-state index contributed by atoms with van der Waals surface area (Å²) in [5.41, 5.74) is 1.83. The summed E-state index contributed by atoms with van der Waals surface area (Å²) >= 11 is 0. The Morgan fingerprint density at radius 1 is 1.35 bits per heavy atom. The van der Waals surface area contributed by atoms with E-state index in [0.717, 1.165) is 43.5 Å². The van der Waals surface area contributed by atoms with Crippen molar-refractivity contribution in [3.05, 3.63) is 23.5 Å². The third-order valence-corrected chi connectivity index (χ3v) is 7.03. The van der Waals surface area contributed by atoms with Gasteiger partial charge in [-0.25, -0.2) is 0 Å². The van der Waals surface area contributed by atoms with Gasteiger partial charge >= 0.3 is 0 Å². The maximum atomic E-state index is 12.7. The molecule has 1 aromatic heterocycles.